The Morgan fingerprint density at radius 2 is 1.74 bits per heavy atom. The predicted octanol–water partition coefficient (Wildman–Crippen LogP) is 8.03. The molecule has 0 saturated carbocycles. The van der Waals surface area contributed by atoms with Gasteiger partial charge >= 0.3 is 0 Å². The maximum absolute atomic E-state index is 12.6. The summed E-state index contributed by atoms with van der Waals surface area (Å²) in [6, 6.07) is 24.7. The van der Waals surface area contributed by atoms with E-state index in [1.165, 1.54) is 11.3 Å². The molecule has 5 rings (SSSR count). The van der Waals surface area contributed by atoms with Crippen molar-refractivity contribution in [3.8, 4) is 16.9 Å². The quantitative estimate of drug-likeness (QED) is 0.156. The molecule has 6 nitrogen and oxygen atoms in total. The van der Waals surface area contributed by atoms with Crippen LogP contribution in [0.25, 0.3) is 16.9 Å². The number of carbonyl (C=O) groups is 1. The number of hydrogen-bond acceptors (Lipinski definition) is 5. The van der Waals surface area contributed by atoms with E-state index >= 15 is 0 Å². The summed E-state index contributed by atoms with van der Waals surface area (Å²) in [6.45, 7) is 3.98. The molecule has 3 aromatic carbocycles. The second kappa shape index (κ2) is 11.2. The van der Waals surface area contributed by atoms with Gasteiger partial charge in [-0.2, -0.15) is 5.10 Å². The van der Waals surface area contributed by atoms with Crippen LogP contribution in [-0.2, 0) is 0 Å². The molecule has 2 aromatic heterocycles. The highest BCUT2D eigenvalue weighted by molar-refractivity contribution is 7.14. The fourth-order valence-electron chi connectivity index (χ4n) is 4.07. The number of halogens is 2. The molecule has 0 unspecified atom stereocenters. The zero-order chi connectivity index (χ0) is 26.6. The van der Waals surface area contributed by atoms with E-state index in [9.17, 15) is 4.79 Å². The summed E-state index contributed by atoms with van der Waals surface area (Å²) in [7, 11) is 0. The Morgan fingerprint density at radius 3 is 2.47 bits per heavy atom. The number of aromatic nitrogens is 2. The molecule has 0 saturated heterocycles. The van der Waals surface area contributed by atoms with Gasteiger partial charge in [0.25, 0.3) is 5.91 Å². The normalized spacial score (nSPS) is 11.2. The smallest absolute Gasteiger partial charge is 0.271 e. The van der Waals surface area contributed by atoms with Crippen molar-refractivity contribution in [1.82, 2.24) is 15.0 Å². The summed E-state index contributed by atoms with van der Waals surface area (Å²) < 4.78 is 2.06. The van der Waals surface area contributed by atoms with E-state index < -0.39 is 0 Å². The van der Waals surface area contributed by atoms with Gasteiger partial charge in [-0.1, -0.05) is 53.5 Å². The van der Waals surface area contributed by atoms with Gasteiger partial charge in [-0.15, -0.1) is 11.3 Å². The molecule has 9 heteroatoms. The van der Waals surface area contributed by atoms with E-state index in [1.54, 1.807) is 24.4 Å². The molecule has 38 heavy (non-hydrogen) atoms. The summed E-state index contributed by atoms with van der Waals surface area (Å²) in [6.07, 6.45) is 1.64. The van der Waals surface area contributed by atoms with Gasteiger partial charge in [0.2, 0.25) is 0 Å². The molecule has 0 aliphatic rings. The molecule has 0 aliphatic heterocycles. The van der Waals surface area contributed by atoms with Crippen LogP contribution < -0.4 is 10.7 Å². The van der Waals surface area contributed by atoms with Crippen LogP contribution in [0.3, 0.4) is 0 Å². The Labute approximate surface area is 234 Å². The number of aryl methyl sites for hydroxylation is 1. The molecular weight excluding hydrogens is 537 g/mol. The first-order valence-electron chi connectivity index (χ1n) is 11.7. The maximum Gasteiger partial charge on any atom is 0.271 e. The molecule has 2 heterocycles. The fourth-order valence-corrected chi connectivity index (χ4v) is 5.10. The van der Waals surface area contributed by atoms with Crippen LogP contribution in [0.4, 0.5) is 10.8 Å². The van der Waals surface area contributed by atoms with Crippen molar-refractivity contribution in [2.24, 2.45) is 5.10 Å². The summed E-state index contributed by atoms with van der Waals surface area (Å²) in [5.41, 5.74) is 9.69. The van der Waals surface area contributed by atoms with Gasteiger partial charge in [-0.3, -0.25) is 4.79 Å². The van der Waals surface area contributed by atoms with Gasteiger partial charge in [0, 0.05) is 44.8 Å². The number of amides is 1. The molecule has 2 N–H and O–H groups in total. The van der Waals surface area contributed by atoms with Gasteiger partial charge in [0.05, 0.1) is 22.0 Å². The van der Waals surface area contributed by atoms with Crippen LogP contribution in [0.15, 0.2) is 89.3 Å². The SMILES string of the molecule is Cc1cc(C=NNC(=O)c2ccc(Nc3nc(-c4ccccc4)cs3)cc2)c(C)n1-c1ccc(Cl)c(Cl)c1. The van der Waals surface area contributed by atoms with Gasteiger partial charge < -0.3 is 9.88 Å². The van der Waals surface area contributed by atoms with Crippen molar-refractivity contribution in [3.05, 3.63) is 117 Å². The molecule has 0 spiro atoms. The lowest BCUT2D eigenvalue weighted by atomic mass is 10.2. The third-order valence-electron chi connectivity index (χ3n) is 5.97. The Hall–Kier alpha value is -3.91. The van der Waals surface area contributed by atoms with Crippen LogP contribution in [0.5, 0.6) is 0 Å². The zero-order valence-corrected chi connectivity index (χ0v) is 22.9. The minimum atomic E-state index is -0.299. The standard InChI is InChI=1S/C29H23Cl2N5OS/c1-18-14-22(19(2)36(18)24-12-13-25(30)26(31)15-24)16-32-35-28(37)21-8-10-23(11-9-21)33-29-34-27(17-38-29)20-6-4-3-5-7-20/h3-17H,1-2H3,(H,33,34)(H,35,37). The Balaban J connectivity index is 1.22. The molecule has 0 bridgehead atoms. The van der Waals surface area contributed by atoms with E-state index in [0.29, 0.717) is 15.6 Å². The second-order valence-corrected chi connectivity index (χ2v) is 10.2. The number of nitrogens with zero attached hydrogens (tertiary/aromatic N) is 3. The Morgan fingerprint density at radius 1 is 0.974 bits per heavy atom. The molecule has 190 valence electrons. The highest BCUT2D eigenvalue weighted by atomic mass is 35.5. The summed E-state index contributed by atoms with van der Waals surface area (Å²) in [5, 5.41) is 11.2. The number of benzene rings is 3. The highest BCUT2D eigenvalue weighted by Gasteiger charge is 2.12. The minimum Gasteiger partial charge on any atom is -0.332 e. The van der Waals surface area contributed by atoms with Crippen LogP contribution in [0.1, 0.15) is 27.3 Å². The van der Waals surface area contributed by atoms with Crippen molar-refractivity contribution in [1.29, 1.82) is 0 Å². The van der Waals surface area contributed by atoms with E-state index in [4.69, 9.17) is 23.2 Å². The van der Waals surface area contributed by atoms with E-state index in [2.05, 4.69) is 25.4 Å². The highest BCUT2D eigenvalue weighted by Crippen LogP contribution is 2.28. The first kappa shape index (κ1) is 25.7. The third-order valence-corrected chi connectivity index (χ3v) is 7.47. The fraction of sp³-hybridized carbons (Fsp3) is 0.0690. The number of nitrogens with one attached hydrogen (secondary N) is 2. The molecule has 0 fully saturated rings. The lowest BCUT2D eigenvalue weighted by molar-refractivity contribution is 0.0955. The van der Waals surface area contributed by atoms with Crippen LogP contribution in [-0.4, -0.2) is 21.7 Å². The van der Waals surface area contributed by atoms with Gasteiger partial charge in [0.1, 0.15) is 0 Å². The van der Waals surface area contributed by atoms with Crippen molar-refractivity contribution in [2.75, 3.05) is 5.32 Å². The van der Waals surface area contributed by atoms with Crippen molar-refractivity contribution < 1.29 is 4.79 Å². The molecule has 0 atom stereocenters. The molecule has 1 amide bonds. The van der Waals surface area contributed by atoms with Gasteiger partial charge in [-0.05, 0) is 62.4 Å². The van der Waals surface area contributed by atoms with Crippen molar-refractivity contribution >= 4 is 57.5 Å². The zero-order valence-electron chi connectivity index (χ0n) is 20.6. The summed E-state index contributed by atoms with van der Waals surface area (Å²) in [4.78, 5) is 17.3. The summed E-state index contributed by atoms with van der Waals surface area (Å²) in [5.74, 6) is -0.299. The van der Waals surface area contributed by atoms with E-state index in [1.807, 2.05) is 79.9 Å². The van der Waals surface area contributed by atoms with Gasteiger partial charge in [-0.25, -0.2) is 10.4 Å². The first-order chi connectivity index (χ1) is 18.4. The van der Waals surface area contributed by atoms with Crippen LogP contribution in [0, 0.1) is 13.8 Å². The van der Waals surface area contributed by atoms with Crippen LogP contribution in [0.2, 0.25) is 10.0 Å². The first-order valence-corrected chi connectivity index (χ1v) is 13.4. The maximum atomic E-state index is 12.6. The number of thiazole rings is 1. The number of anilines is 2. The molecule has 0 radical (unpaired) electrons. The minimum absolute atomic E-state index is 0.299. The number of carbonyl (C=O) groups excluding carboxylic acids is 1. The number of hydrazone groups is 1. The topological polar surface area (TPSA) is 71.3 Å². The predicted molar refractivity (Wildman–Crippen MR) is 158 cm³/mol. The third kappa shape index (κ3) is 5.65. The average Bonchev–Trinajstić information content (AvgIpc) is 3.50. The average molecular weight is 561 g/mol. The van der Waals surface area contributed by atoms with E-state index in [0.717, 1.165) is 44.7 Å². The lowest BCUT2D eigenvalue weighted by Gasteiger charge is -2.10. The Bertz CT molecular complexity index is 1630. The lowest BCUT2D eigenvalue weighted by Crippen LogP contribution is -2.17. The van der Waals surface area contributed by atoms with E-state index in [-0.39, 0.29) is 5.91 Å². The largest absolute Gasteiger partial charge is 0.332 e. The number of rotatable bonds is 7. The molecule has 0 aliphatic carbocycles. The van der Waals surface area contributed by atoms with Crippen molar-refractivity contribution in [2.45, 2.75) is 13.8 Å². The van der Waals surface area contributed by atoms with Crippen LogP contribution >= 0.6 is 34.5 Å². The Kier molecular flexibility index (Phi) is 7.60. The molecule has 5 aromatic rings. The summed E-state index contributed by atoms with van der Waals surface area (Å²) >= 11 is 13.8. The van der Waals surface area contributed by atoms with Gasteiger partial charge in [0.15, 0.2) is 5.13 Å². The monoisotopic (exact) mass is 559 g/mol. The number of hydrogen-bond donors (Lipinski definition) is 2. The van der Waals surface area contributed by atoms with Crippen molar-refractivity contribution in [3.63, 3.8) is 0 Å². The second-order valence-electron chi connectivity index (χ2n) is 8.57. The molecular formula is C29H23Cl2N5OS.